The molecule has 1 aliphatic carbocycles. The fraction of sp³-hybridized carbons (Fsp3) is 0.667. The van der Waals surface area contributed by atoms with Gasteiger partial charge in [-0.1, -0.05) is 13.8 Å². The standard InChI is InChI=1S/C18H25N3OS/c1-12-5-6-14-15(9-19)18(23-16(14)8-12)20-17(22)11-21-7-3-4-13(2)10-21/h12-13H,3-8,10-11H2,1-2H3,(H,20,22)/p+1/t12-,13-/m0/s1. The third kappa shape index (κ3) is 3.76. The first-order chi connectivity index (χ1) is 11.1. The highest BCUT2D eigenvalue weighted by atomic mass is 32.1. The Kier molecular flexibility index (Phi) is 5.03. The topological polar surface area (TPSA) is 57.3 Å². The van der Waals surface area contributed by atoms with Crippen molar-refractivity contribution in [2.75, 3.05) is 25.0 Å². The smallest absolute Gasteiger partial charge is 0.280 e. The first kappa shape index (κ1) is 16.5. The molecule has 1 fully saturated rings. The highest BCUT2D eigenvalue weighted by Gasteiger charge is 2.26. The van der Waals surface area contributed by atoms with Gasteiger partial charge in [0.1, 0.15) is 11.1 Å². The third-order valence-electron chi connectivity index (χ3n) is 5.15. The van der Waals surface area contributed by atoms with Crippen LogP contribution in [0.4, 0.5) is 5.00 Å². The lowest BCUT2D eigenvalue weighted by Gasteiger charge is -2.27. The molecule has 4 nitrogen and oxygen atoms in total. The van der Waals surface area contributed by atoms with Crippen LogP contribution in [0.1, 0.15) is 49.1 Å². The van der Waals surface area contributed by atoms with E-state index in [0.29, 0.717) is 23.9 Å². The number of anilines is 1. The summed E-state index contributed by atoms with van der Waals surface area (Å²) in [4.78, 5) is 15.1. The number of nitriles is 1. The van der Waals surface area contributed by atoms with Gasteiger partial charge in [-0.25, -0.2) is 0 Å². The highest BCUT2D eigenvalue weighted by Crippen LogP contribution is 2.39. The molecule has 1 aromatic rings. The predicted octanol–water partition coefficient (Wildman–Crippen LogP) is 2.00. The Labute approximate surface area is 142 Å². The van der Waals surface area contributed by atoms with Crippen molar-refractivity contribution in [3.05, 3.63) is 16.0 Å². The van der Waals surface area contributed by atoms with E-state index in [1.165, 1.54) is 28.2 Å². The van der Waals surface area contributed by atoms with Crippen LogP contribution < -0.4 is 10.2 Å². The third-order valence-corrected chi connectivity index (χ3v) is 6.32. The van der Waals surface area contributed by atoms with Crippen molar-refractivity contribution in [1.82, 2.24) is 0 Å². The Morgan fingerprint density at radius 2 is 2.22 bits per heavy atom. The Morgan fingerprint density at radius 1 is 1.39 bits per heavy atom. The lowest BCUT2D eigenvalue weighted by atomic mass is 9.89. The van der Waals surface area contributed by atoms with Crippen molar-refractivity contribution in [2.24, 2.45) is 11.8 Å². The zero-order valence-corrected chi connectivity index (χ0v) is 14.9. The van der Waals surface area contributed by atoms with Crippen LogP contribution in [-0.4, -0.2) is 25.5 Å². The Bertz CT molecular complexity index is 631. The lowest BCUT2D eigenvalue weighted by Crippen LogP contribution is -3.14. The zero-order chi connectivity index (χ0) is 16.4. The number of nitrogens with one attached hydrogen (secondary N) is 2. The van der Waals surface area contributed by atoms with Crippen molar-refractivity contribution < 1.29 is 9.69 Å². The molecular formula is C18H26N3OS+. The van der Waals surface area contributed by atoms with E-state index in [1.54, 1.807) is 11.3 Å². The zero-order valence-electron chi connectivity index (χ0n) is 14.1. The minimum absolute atomic E-state index is 0.0530. The van der Waals surface area contributed by atoms with Gasteiger partial charge >= 0.3 is 0 Å². The second kappa shape index (κ2) is 7.02. The maximum atomic E-state index is 12.4. The van der Waals surface area contributed by atoms with E-state index in [4.69, 9.17) is 0 Å². The van der Waals surface area contributed by atoms with Gasteiger partial charge < -0.3 is 10.2 Å². The summed E-state index contributed by atoms with van der Waals surface area (Å²) in [6.07, 6.45) is 5.64. The fourth-order valence-electron chi connectivity index (χ4n) is 3.91. The quantitative estimate of drug-likeness (QED) is 0.889. The number of thiophene rings is 1. The van der Waals surface area contributed by atoms with Crippen LogP contribution in [0.5, 0.6) is 0 Å². The van der Waals surface area contributed by atoms with Crippen molar-refractivity contribution in [3.63, 3.8) is 0 Å². The van der Waals surface area contributed by atoms with Crippen molar-refractivity contribution >= 4 is 22.2 Å². The minimum atomic E-state index is 0.0530. The minimum Gasteiger partial charge on any atom is -0.327 e. The fourth-order valence-corrected chi connectivity index (χ4v) is 5.29. The number of quaternary nitrogens is 1. The molecule has 2 N–H and O–H groups in total. The van der Waals surface area contributed by atoms with Crippen molar-refractivity contribution in [2.45, 2.75) is 46.0 Å². The second-order valence-electron chi connectivity index (χ2n) is 7.34. The van der Waals surface area contributed by atoms with E-state index in [2.05, 4.69) is 25.2 Å². The normalized spacial score (nSPS) is 27.1. The Balaban J connectivity index is 1.68. The van der Waals surface area contributed by atoms with E-state index < -0.39 is 0 Å². The van der Waals surface area contributed by atoms with Gasteiger partial charge in [0.15, 0.2) is 6.54 Å². The average Bonchev–Trinajstić information content (AvgIpc) is 2.82. The van der Waals surface area contributed by atoms with Gasteiger partial charge in [-0.05, 0) is 43.6 Å². The van der Waals surface area contributed by atoms with Crippen molar-refractivity contribution in [1.29, 1.82) is 5.26 Å². The second-order valence-corrected chi connectivity index (χ2v) is 8.45. The maximum Gasteiger partial charge on any atom is 0.280 e. The number of likely N-dealkylation sites (tertiary alicyclic amines) is 1. The first-order valence-electron chi connectivity index (χ1n) is 8.74. The summed E-state index contributed by atoms with van der Waals surface area (Å²) in [6, 6.07) is 2.32. The Hall–Kier alpha value is -1.38. The van der Waals surface area contributed by atoms with E-state index in [0.717, 1.165) is 37.4 Å². The molecule has 0 bridgehead atoms. The molecule has 3 atom stereocenters. The molecule has 5 heteroatoms. The predicted molar refractivity (Wildman–Crippen MR) is 92.8 cm³/mol. The summed E-state index contributed by atoms with van der Waals surface area (Å²) in [5.41, 5.74) is 1.90. The van der Waals surface area contributed by atoms with Crippen LogP contribution in [0.15, 0.2) is 0 Å². The van der Waals surface area contributed by atoms with Gasteiger partial charge in [0, 0.05) is 10.8 Å². The summed E-state index contributed by atoms with van der Waals surface area (Å²) in [5.74, 6) is 1.43. The first-order valence-corrected chi connectivity index (χ1v) is 9.56. The number of piperidine rings is 1. The van der Waals surface area contributed by atoms with E-state index in [9.17, 15) is 10.1 Å². The number of nitrogens with zero attached hydrogens (tertiary/aromatic N) is 1. The number of carbonyl (C=O) groups is 1. The molecular weight excluding hydrogens is 306 g/mol. The number of rotatable bonds is 3. The molecule has 124 valence electrons. The molecule has 0 saturated carbocycles. The Morgan fingerprint density at radius 3 is 2.96 bits per heavy atom. The lowest BCUT2D eigenvalue weighted by molar-refractivity contribution is -0.900. The maximum absolute atomic E-state index is 12.4. The molecule has 2 heterocycles. The average molecular weight is 332 g/mol. The molecule has 0 aromatic carbocycles. The van der Waals surface area contributed by atoms with E-state index in [-0.39, 0.29) is 5.91 Å². The summed E-state index contributed by atoms with van der Waals surface area (Å²) >= 11 is 1.62. The van der Waals surface area contributed by atoms with Gasteiger partial charge in [0.05, 0.1) is 18.7 Å². The summed E-state index contributed by atoms with van der Waals surface area (Å²) in [5, 5.41) is 13.3. The van der Waals surface area contributed by atoms with Crippen LogP contribution in [0, 0.1) is 23.2 Å². The molecule has 2 aliphatic rings. The molecule has 1 aliphatic heterocycles. The van der Waals surface area contributed by atoms with Gasteiger partial charge in [-0.15, -0.1) is 11.3 Å². The van der Waals surface area contributed by atoms with E-state index in [1.807, 2.05) is 0 Å². The molecule has 3 rings (SSSR count). The number of fused-ring (bicyclic) bond motifs is 1. The number of hydrogen-bond donors (Lipinski definition) is 2. The summed E-state index contributed by atoms with van der Waals surface area (Å²) < 4.78 is 0. The molecule has 0 radical (unpaired) electrons. The van der Waals surface area contributed by atoms with Crippen LogP contribution in [0.25, 0.3) is 0 Å². The van der Waals surface area contributed by atoms with Crippen LogP contribution in [-0.2, 0) is 17.6 Å². The molecule has 0 spiro atoms. The van der Waals surface area contributed by atoms with Gasteiger partial charge in [0.2, 0.25) is 0 Å². The molecule has 1 unspecified atom stereocenters. The van der Waals surface area contributed by atoms with E-state index >= 15 is 0 Å². The summed E-state index contributed by atoms with van der Waals surface area (Å²) in [7, 11) is 0. The van der Waals surface area contributed by atoms with Crippen LogP contribution in [0.3, 0.4) is 0 Å². The van der Waals surface area contributed by atoms with Gasteiger partial charge in [-0.2, -0.15) is 5.26 Å². The number of amides is 1. The van der Waals surface area contributed by atoms with Gasteiger partial charge in [-0.3, -0.25) is 4.79 Å². The van der Waals surface area contributed by atoms with Crippen LogP contribution in [0.2, 0.25) is 0 Å². The SMILES string of the molecule is C[C@H]1CCc2c(sc(NC(=O)C[NH+]3CCC[C@H](C)C3)c2C#N)C1. The monoisotopic (exact) mass is 332 g/mol. The van der Waals surface area contributed by atoms with Crippen molar-refractivity contribution in [3.8, 4) is 6.07 Å². The molecule has 1 aromatic heterocycles. The molecule has 1 saturated heterocycles. The number of hydrogen-bond acceptors (Lipinski definition) is 3. The van der Waals surface area contributed by atoms with Crippen LogP contribution >= 0.6 is 11.3 Å². The molecule has 23 heavy (non-hydrogen) atoms. The van der Waals surface area contributed by atoms with Gasteiger partial charge in [0.25, 0.3) is 5.91 Å². The highest BCUT2D eigenvalue weighted by molar-refractivity contribution is 7.16. The number of carbonyl (C=O) groups excluding carboxylic acids is 1. The summed E-state index contributed by atoms with van der Waals surface area (Å²) in [6.45, 7) is 7.21. The largest absolute Gasteiger partial charge is 0.327 e. The molecule has 1 amide bonds.